The Bertz CT molecular complexity index is 1400. The fraction of sp³-hybridized carbons (Fsp3) is 0.111. The minimum atomic E-state index is -0.114. The number of fused-ring (bicyclic) bond motifs is 1. The van der Waals surface area contributed by atoms with Crippen LogP contribution in [0.1, 0.15) is 34.0 Å². The number of Topliss-reactive ketones (excluding diaryl/α,β-unsaturated/α-hetero) is 1. The van der Waals surface area contributed by atoms with Crippen LogP contribution in [0.25, 0.3) is 10.9 Å². The third-order valence-corrected chi connectivity index (χ3v) is 5.41. The van der Waals surface area contributed by atoms with Gasteiger partial charge in [0.2, 0.25) is 5.96 Å². The van der Waals surface area contributed by atoms with Crippen LogP contribution in [0, 0.1) is 6.92 Å². The number of anilines is 2. The molecule has 0 atom stereocenters. The average Bonchev–Trinajstić information content (AvgIpc) is 2.84. The number of nitrogens with zero attached hydrogens (tertiary/aromatic N) is 3. The molecule has 34 heavy (non-hydrogen) atoms. The lowest BCUT2D eigenvalue weighted by molar-refractivity contribution is 0.0993. The predicted octanol–water partition coefficient (Wildman–Crippen LogP) is 4.71. The number of aromatic nitrogens is 1. The zero-order chi connectivity index (χ0) is 24.1. The molecule has 1 heterocycles. The summed E-state index contributed by atoms with van der Waals surface area (Å²) in [5.41, 5.74) is 17.7. The van der Waals surface area contributed by atoms with Gasteiger partial charge in [-0.15, -0.1) is 5.10 Å². The Kier molecular flexibility index (Phi) is 6.64. The normalized spacial score (nSPS) is 11.3. The summed E-state index contributed by atoms with van der Waals surface area (Å²) >= 11 is 0. The minimum Gasteiger partial charge on any atom is -0.369 e. The number of guanidine groups is 1. The molecule has 5 N–H and O–H groups in total. The van der Waals surface area contributed by atoms with Gasteiger partial charge in [-0.25, -0.2) is 0 Å². The molecule has 0 aliphatic heterocycles. The molecule has 0 aliphatic rings. The van der Waals surface area contributed by atoms with Crippen LogP contribution >= 0.6 is 0 Å². The smallest absolute Gasteiger partial charge is 0.211 e. The zero-order valence-corrected chi connectivity index (χ0v) is 19.1. The molecular formula is C27H26N6O. The van der Waals surface area contributed by atoms with Gasteiger partial charge in [0.1, 0.15) is 0 Å². The molecule has 4 aromatic rings. The molecule has 0 radical (unpaired) electrons. The number of hydrogen-bond acceptors (Lipinski definition) is 5. The largest absolute Gasteiger partial charge is 0.369 e. The maximum atomic E-state index is 12.9. The number of aryl methyl sites for hydroxylation is 1. The Hall–Kier alpha value is -4.52. The summed E-state index contributed by atoms with van der Waals surface area (Å²) in [6.07, 6.45) is 2.09. The number of carbonyl (C=O) groups excluding carboxylic acids is 1. The van der Waals surface area contributed by atoms with E-state index in [9.17, 15) is 4.79 Å². The number of benzene rings is 3. The summed E-state index contributed by atoms with van der Waals surface area (Å²) in [5.74, 6) is -0.0930. The maximum Gasteiger partial charge on any atom is 0.211 e. The first-order valence-electron chi connectivity index (χ1n) is 10.9. The third-order valence-electron chi connectivity index (χ3n) is 5.41. The summed E-state index contributed by atoms with van der Waals surface area (Å²) in [4.78, 5) is 17.3. The van der Waals surface area contributed by atoms with Gasteiger partial charge in [0.05, 0.1) is 11.2 Å². The van der Waals surface area contributed by atoms with Gasteiger partial charge >= 0.3 is 0 Å². The van der Waals surface area contributed by atoms with Gasteiger partial charge in [-0.05, 0) is 61.4 Å². The second-order valence-corrected chi connectivity index (χ2v) is 8.09. The molecular weight excluding hydrogens is 424 g/mol. The van der Waals surface area contributed by atoms with E-state index < -0.39 is 0 Å². The van der Waals surface area contributed by atoms with E-state index in [0.29, 0.717) is 17.7 Å². The number of nitrogens with one attached hydrogen (secondary N) is 1. The molecule has 0 bridgehead atoms. The maximum absolute atomic E-state index is 12.9. The minimum absolute atomic E-state index is 0.0211. The molecule has 7 heteroatoms. The molecule has 4 rings (SSSR count). The van der Waals surface area contributed by atoms with Crippen molar-refractivity contribution in [1.82, 2.24) is 4.98 Å². The lowest BCUT2D eigenvalue weighted by Gasteiger charge is -2.11. The van der Waals surface area contributed by atoms with E-state index in [1.54, 1.807) is 25.3 Å². The third kappa shape index (κ3) is 5.45. The molecule has 7 nitrogen and oxygen atoms in total. The van der Waals surface area contributed by atoms with Crippen molar-refractivity contribution in [2.24, 2.45) is 21.7 Å². The van der Waals surface area contributed by atoms with Crippen molar-refractivity contribution < 1.29 is 4.79 Å². The van der Waals surface area contributed by atoms with Crippen molar-refractivity contribution in [3.8, 4) is 0 Å². The van der Waals surface area contributed by atoms with Gasteiger partial charge in [-0.1, -0.05) is 42.0 Å². The summed E-state index contributed by atoms with van der Waals surface area (Å²) in [6.45, 7) is 3.85. The number of carbonyl (C=O) groups is 1. The van der Waals surface area contributed by atoms with Crippen LogP contribution < -0.4 is 16.8 Å². The number of pyridine rings is 1. The summed E-state index contributed by atoms with van der Waals surface area (Å²) in [6, 6.07) is 23.3. The predicted molar refractivity (Wildman–Crippen MR) is 139 cm³/mol. The van der Waals surface area contributed by atoms with E-state index in [1.807, 2.05) is 48.5 Å². The highest BCUT2D eigenvalue weighted by atomic mass is 16.1. The van der Waals surface area contributed by atoms with Gasteiger partial charge in [-0.2, -0.15) is 5.10 Å². The standard InChI is InChI=1S/C27H26N6O/c1-17-6-11-24-23(14-17)25(12-13-30-24)31-22-9-7-19(8-10-22)15-26(34)21-5-3-4-20(16-21)18(2)32-33-27(28)29/h3-14,16H,15H2,1-2H3,(H,30,31)(H4,28,29,33)/b32-18+. The Morgan fingerprint density at radius 2 is 1.71 bits per heavy atom. The lowest BCUT2D eigenvalue weighted by Crippen LogP contribution is -2.22. The molecule has 0 spiro atoms. The van der Waals surface area contributed by atoms with Crippen molar-refractivity contribution in [3.63, 3.8) is 0 Å². The Labute approximate surface area is 198 Å². The zero-order valence-electron chi connectivity index (χ0n) is 19.1. The van der Waals surface area contributed by atoms with E-state index in [4.69, 9.17) is 11.5 Å². The van der Waals surface area contributed by atoms with Crippen molar-refractivity contribution in [3.05, 3.63) is 101 Å². The number of ketones is 1. The fourth-order valence-electron chi connectivity index (χ4n) is 3.63. The van der Waals surface area contributed by atoms with E-state index >= 15 is 0 Å². The van der Waals surface area contributed by atoms with Gasteiger partial charge in [0.25, 0.3) is 0 Å². The first-order valence-corrected chi connectivity index (χ1v) is 10.9. The highest BCUT2D eigenvalue weighted by Gasteiger charge is 2.10. The second kappa shape index (κ2) is 9.95. The van der Waals surface area contributed by atoms with Crippen molar-refractivity contribution in [2.75, 3.05) is 5.32 Å². The van der Waals surface area contributed by atoms with Crippen molar-refractivity contribution >= 4 is 39.7 Å². The van der Waals surface area contributed by atoms with E-state index in [0.717, 1.165) is 33.4 Å². The van der Waals surface area contributed by atoms with Gasteiger partial charge in [0.15, 0.2) is 5.78 Å². The van der Waals surface area contributed by atoms with E-state index in [-0.39, 0.29) is 11.7 Å². The monoisotopic (exact) mass is 450 g/mol. The lowest BCUT2D eigenvalue weighted by atomic mass is 10.00. The molecule has 170 valence electrons. The van der Waals surface area contributed by atoms with Crippen LogP contribution in [0.5, 0.6) is 0 Å². The number of nitrogens with two attached hydrogens (primary N) is 2. The van der Waals surface area contributed by atoms with Crippen molar-refractivity contribution in [2.45, 2.75) is 20.3 Å². The Morgan fingerprint density at radius 1 is 0.941 bits per heavy atom. The number of rotatable bonds is 7. The van der Waals surface area contributed by atoms with Crippen LogP contribution in [0.15, 0.2) is 89.2 Å². The molecule has 3 aromatic carbocycles. The highest BCUT2D eigenvalue weighted by Crippen LogP contribution is 2.26. The van der Waals surface area contributed by atoms with Crippen LogP contribution in [0.3, 0.4) is 0 Å². The number of hydrogen-bond donors (Lipinski definition) is 3. The first-order chi connectivity index (χ1) is 16.4. The van der Waals surface area contributed by atoms with Crippen LogP contribution in [0.2, 0.25) is 0 Å². The Morgan fingerprint density at radius 3 is 2.47 bits per heavy atom. The SMILES string of the molecule is C/C(=N\N=C(N)N)c1cccc(C(=O)Cc2ccc(Nc3ccnc4ccc(C)cc34)cc2)c1. The molecule has 0 amide bonds. The summed E-state index contributed by atoms with van der Waals surface area (Å²) < 4.78 is 0. The molecule has 0 aliphatic carbocycles. The molecule has 0 saturated carbocycles. The van der Waals surface area contributed by atoms with E-state index in [2.05, 4.69) is 39.6 Å². The topological polar surface area (TPSA) is 119 Å². The molecule has 1 aromatic heterocycles. The molecule has 0 saturated heterocycles. The average molecular weight is 451 g/mol. The van der Waals surface area contributed by atoms with Crippen molar-refractivity contribution in [1.29, 1.82) is 0 Å². The van der Waals surface area contributed by atoms with E-state index in [1.165, 1.54) is 5.56 Å². The quantitative estimate of drug-likeness (QED) is 0.163. The van der Waals surface area contributed by atoms with Crippen LogP contribution in [-0.2, 0) is 6.42 Å². The van der Waals surface area contributed by atoms with Gasteiger partial charge in [0, 0.05) is 34.9 Å². The van der Waals surface area contributed by atoms with Gasteiger partial charge < -0.3 is 16.8 Å². The molecule has 0 unspecified atom stereocenters. The van der Waals surface area contributed by atoms with Crippen LogP contribution in [-0.4, -0.2) is 22.4 Å². The Balaban J connectivity index is 1.47. The first kappa shape index (κ1) is 22.7. The molecule has 0 fully saturated rings. The van der Waals surface area contributed by atoms with Gasteiger partial charge in [-0.3, -0.25) is 9.78 Å². The fourth-order valence-corrected chi connectivity index (χ4v) is 3.63. The second-order valence-electron chi connectivity index (χ2n) is 8.09. The summed E-state index contributed by atoms with van der Waals surface area (Å²) in [7, 11) is 0. The van der Waals surface area contributed by atoms with Crippen LogP contribution in [0.4, 0.5) is 11.4 Å². The highest BCUT2D eigenvalue weighted by molar-refractivity contribution is 6.03. The summed E-state index contributed by atoms with van der Waals surface area (Å²) in [5, 5.41) is 12.2.